The summed E-state index contributed by atoms with van der Waals surface area (Å²) in [5, 5.41) is 5.19. The molecule has 2 rings (SSSR count). The van der Waals surface area contributed by atoms with Crippen molar-refractivity contribution in [2.24, 2.45) is 13.0 Å². The summed E-state index contributed by atoms with van der Waals surface area (Å²) in [6.45, 7) is 8.75. The van der Waals surface area contributed by atoms with Gasteiger partial charge in [-0.05, 0) is 38.6 Å². The van der Waals surface area contributed by atoms with Gasteiger partial charge in [0.05, 0.1) is 5.69 Å². The molecule has 0 spiro atoms. The topological polar surface area (TPSA) is 21.1 Å². The largest absolute Gasteiger partial charge is 0.296 e. The van der Waals surface area contributed by atoms with Gasteiger partial charge in [0.25, 0.3) is 0 Å². The summed E-state index contributed by atoms with van der Waals surface area (Å²) < 4.78 is 1.78. The van der Waals surface area contributed by atoms with E-state index in [1.807, 2.05) is 7.05 Å². The lowest BCUT2D eigenvalue weighted by molar-refractivity contribution is 0.239. The number of hydrogen-bond acceptors (Lipinski definition) is 2. The van der Waals surface area contributed by atoms with Gasteiger partial charge < -0.3 is 0 Å². The molecule has 1 aromatic heterocycles. The van der Waals surface area contributed by atoms with Gasteiger partial charge in [0.15, 0.2) is 0 Å². The van der Waals surface area contributed by atoms with Gasteiger partial charge in [-0.1, -0.05) is 25.4 Å². The predicted molar refractivity (Wildman–Crippen MR) is 75.8 cm³/mol. The van der Waals surface area contributed by atoms with Crippen LogP contribution in [0.1, 0.15) is 44.4 Å². The Balaban J connectivity index is 2.04. The summed E-state index contributed by atoms with van der Waals surface area (Å²) >= 11 is 6.32. The average molecular weight is 270 g/mol. The number of rotatable bonds is 6. The van der Waals surface area contributed by atoms with Gasteiger partial charge in [0.2, 0.25) is 0 Å². The molecule has 0 bridgehead atoms. The quantitative estimate of drug-likeness (QED) is 0.789. The number of nitrogens with zero attached hydrogens (tertiary/aromatic N) is 3. The molecule has 4 heteroatoms. The molecule has 1 fully saturated rings. The SMILES string of the molecule is Cc1nn(C)c(Cl)c1CN(CCC(C)C)C1CC1. The molecule has 0 saturated heterocycles. The third-order valence-electron chi connectivity index (χ3n) is 3.69. The minimum Gasteiger partial charge on any atom is -0.296 e. The molecule has 1 aliphatic rings. The Morgan fingerprint density at radius 3 is 2.56 bits per heavy atom. The second-order valence-corrected chi connectivity index (χ2v) is 6.22. The maximum absolute atomic E-state index is 6.32. The molecule has 1 aromatic rings. The minimum atomic E-state index is 0.761. The highest BCUT2D eigenvalue weighted by Gasteiger charge is 2.30. The second kappa shape index (κ2) is 5.62. The Bertz CT molecular complexity index is 407. The van der Waals surface area contributed by atoms with Crippen molar-refractivity contribution in [1.82, 2.24) is 14.7 Å². The average Bonchev–Trinajstić information content (AvgIpc) is 3.08. The Kier molecular flexibility index (Phi) is 4.33. The van der Waals surface area contributed by atoms with Gasteiger partial charge in [0.1, 0.15) is 5.15 Å². The zero-order valence-electron chi connectivity index (χ0n) is 11.9. The number of aromatic nitrogens is 2. The van der Waals surface area contributed by atoms with E-state index in [0.717, 1.165) is 29.4 Å². The summed E-state index contributed by atoms with van der Waals surface area (Å²) in [4.78, 5) is 2.58. The molecular formula is C14H24ClN3. The van der Waals surface area contributed by atoms with Crippen LogP contribution >= 0.6 is 11.6 Å². The van der Waals surface area contributed by atoms with Gasteiger partial charge in [-0.2, -0.15) is 5.10 Å². The fraction of sp³-hybridized carbons (Fsp3) is 0.786. The van der Waals surface area contributed by atoms with Crippen LogP contribution in [0, 0.1) is 12.8 Å². The van der Waals surface area contributed by atoms with Gasteiger partial charge >= 0.3 is 0 Å². The van der Waals surface area contributed by atoms with Crippen LogP contribution in [0.5, 0.6) is 0 Å². The monoisotopic (exact) mass is 269 g/mol. The van der Waals surface area contributed by atoms with E-state index < -0.39 is 0 Å². The summed E-state index contributed by atoms with van der Waals surface area (Å²) in [5.41, 5.74) is 2.27. The highest BCUT2D eigenvalue weighted by molar-refractivity contribution is 6.30. The van der Waals surface area contributed by atoms with Crippen LogP contribution in [0.25, 0.3) is 0 Å². The van der Waals surface area contributed by atoms with Crippen LogP contribution in [0.2, 0.25) is 5.15 Å². The first-order valence-electron chi connectivity index (χ1n) is 6.91. The molecule has 1 heterocycles. The first kappa shape index (κ1) is 13.9. The standard InChI is InChI=1S/C14H24ClN3/c1-10(2)7-8-18(12-5-6-12)9-13-11(3)16-17(4)14(13)15/h10,12H,5-9H2,1-4H3. The molecule has 3 nitrogen and oxygen atoms in total. The maximum atomic E-state index is 6.32. The zero-order valence-corrected chi connectivity index (χ0v) is 12.7. The van der Waals surface area contributed by atoms with Crippen LogP contribution in [-0.4, -0.2) is 27.3 Å². The Morgan fingerprint density at radius 2 is 2.11 bits per heavy atom. The fourth-order valence-electron chi connectivity index (χ4n) is 2.31. The maximum Gasteiger partial charge on any atom is 0.131 e. The van der Waals surface area contributed by atoms with Crippen molar-refractivity contribution in [1.29, 1.82) is 0 Å². The number of aryl methyl sites for hydroxylation is 2. The van der Waals surface area contributed by atoms with Gasteiger partial charge in [-0.3, -0.25) is 9.58 Å². The Hall–Kier alpha value is -0.540. The first-order valence-corrected chi connectivity index (χ1v) is 7.29. The van der Waals surface area contributed by atoms with E-state index >= 15 is 0 Å². The van der Waals surface area contributed by atoms with Crippen LogP contribution in [-0.2, 0) is 13.6 Å². The van der Waals surface area contributed by atoms with Crippen molar-refractivity contribution in [3.05, 3.63) is 16.4 Å². The predicted octanol–water partition coefficient (Wildman–Crippen LogP) is 3.39. The molecule has 0 aliphatic heterocycles. The molecule has 0 unspecified atom stereocenters. The third-order valence-corrected chi connectivity index (χ3v) is 4.16. The zero-order chi connectivity index (χ0) is 13.3. The lowest BCUT2D eigenvalue weighted by atomic mass is 10.1. The molecular weight excluding hydrogens is 246 g/mol. The summed E-state index contributed by atoms with van der Waals surface area (Å²) in [6.07, 6.45) is 3.94. The van der Waals surface area contributed by atoms with Gasteiger partial charge in [-0.25, -0.2) is 0 Å². The van der Waals surface area contributed by atoms with Crippen LogP contribution < -0.4 is 0 Å². The van der Waals surface area contributed by atoms with Crippen molar-refractivity contribution >= 4 is 11.6 Å². The molecule has 0 atom stereocenters. The van der Waals surface area contributed by atoms with Crippen LogP contribution in [0.3, 0.4) is 0 Å². The highest BCUT2D eigenvalue weighted by atomic mass is 35.5. The van der Waals surface area contributed by atoms with E-state index in [2.05, 4.69) is 30.8 Å². The Morgan fingerprint density at radius 1 is 1.44 bits per heavy atom. The normalized spacial score (nSPS) is 15.9. The molecule has 0 radical (unpaired) electrons. The summed E-state index contributed by atoms with van der Waals surface area (Å²) in [7, 11) is 1.91. The van der Waals surface area contributed by atoms with Crippen molar-refractivity contribution in [2.45, 2.75) is 52.6 Å². The van der Waals surface area contributed by atoms with E-state index in [-0.39, 0.29) is 0 Å². The molecule has 1 aliphatic carbocycles. The highest BCUT2D eigenvalue weighted by Crippen LogP contribution is 2.31. The lowest BCUT2D eigenvalue weighted by Gasteiger charge is -2.22. The molecule has 0 N–H and O–H groups in total. The van der Waals surface area contributed by atoms with Crippen molar-refractivity contribution < 1.29 is 0 Å². The smallest absolute Gasteiger partial charge is 0.131 e. The molecule has 0 aromatic carbocycles. The van der Waals surface area contributed by atoms with Crippen molar-refractivity contribution in [3.63, 3.8) is 0 Å². The first-order chi connectivity index (χ1) is 8.49. The lowest BCUT2D eigenvalue weighted by Crippen LogP contribution is -2.27. The van der Waals surface area contributed by atoms with Crippen LogP contribution in [0.4, 0.5) is 0 Å². The van der Waals surface area contributed by atoms with Crippen molar-refractivity contribution in [3.8, 4) is 0 Å². The van der Waals surface area contributed by atoms with Gasteiger partial charge in [0, 0.05) is 25.2 Å². The molecule has 0 amide bonds. The molecule has 102 valence electrons. The summed E-state index contributed by atoms with van der Waals surface area (Å²) in [6, 6.07) is 0.777. The minimum absolute atomic E-state index is 0.761. The van der Waals surface area contributed by atoms with E-state index in [0.29, 0.717) is 0 Å². The van der Waals surface area contributed by atoms with E-state index in [1.54, 1.807) is 4.68 Å². The van der Waals surface area contributed by atoms with Crippen molar-refractivity contribution in [2.75, 3.05) is 6.54 Å². The third kappa shape index (κ3) is 3.27. The fourth-order valence-corrected chi connectivity index (χ4v) is 2.55. The molecule has 1 saturated carbocycles. The second-order valence-electron chi connectivity index (χ2n) is 5.86. The van der Waals surface area contributed by atoms with Gasteiger partial charge in [-0.15, -0.1) is 0 Å². The number of hydrogen-bond donors (Lipinski definition) is 0. The van der Waals surface area contributed by atoms with E-state index in [1.165, 1.54) is 31.4 Å². The molecule has 18 heavy (non-hydrogen) atoms. The Labute approximate surface area is 115 Å². The van der Waals surface area contributed by atoms with Crippen LogP contribution in [0.15, 0.2) is 0 Å². The van der Waals surface area contributed by atoms with E-state index in [9.17, 15) is 0 Å². The number of halogens is 1. The van der Waals surface area contributed by atoms with E-state index in [4.69, 9.17) is 11.6 Å². The summed E-state index contributed by atoms with van der Waals surface area (Å²) in [5.74, 6) is 0.761.